The van der Waals surface area contributed by atoms with Crippen LogP contribution >= 0.6 is 0 Å². The predicted molar refractivity (Wildman–Crippen MR) is 234 cm³/mol. The zero-order valence-corrected chi connectivity index (χ0v) is 36.4. The molecular weight excluding hydrogens is 829 g/mol. The minimum absolute atomic E-state index is 0.0860. The predicted octanol–water partition coefficient (Wildman–Crippen LogP) is 5.85. The van der Waals surface area contributed by atoms with E-state index in [0.717, 1.165) is 23.6 Å². The average Bonchev–Trinajstić information content (AvgIpc) is 3.23. The number of likely N-dealkylation sites (tertiary alicyclic amines) is 2. The second-order valence-electron chi connectivity index (χ2n) is 17.4. The van der Waals surface area contributed by atoms with E-state index in [9.17, 15) is 37.3 Å². The fourth-order valence-electron chi connectivity index (χ4n) is 9.81. The molecule has 4 aromatic carbocycles. The van der Waals surface area contributed by atoms with E-state index in [-0.39, 0.29) is 12.2 Å². The van der Waals surface area contributed by atoms with Gasteiger partial charge in [0.15, 0.2) is 5.78 Å². The smallest absolute Gasteiger partial charge is 0.229 e. The number of hydrogen-bond acceptors (Lipinski definition) is 12. The Labute approximate surface area is 363 Å². The third-order valence-corrected chi connectivity index (χ3v) is 14.2. The summed E-state index contributed by atoms with van der Waals surface area (Å²) in [5, 5.41) is 30.7. The minimum atomic E-state index is -3.52. The number of rotatable bonds is 11. The molecule has 62 heavy (non-hydrogen) atoms. The number of anilines is 2. The van der Waals surface area contributed by atoms with E-state index >= 15 is 0 Å². The second kappa shape index (κ2) is 16.7. The molecule has 4 aromatic rings. The molecule has 2 saturated heterocycles. The van der Waals surface area contributed by atoms with Crippen LogP contribution < -0.4 is 18.9 Å². The van der Waals surface area contributed by atoms with Crippen molar-refractivity contribution in [1.29, 1.82) is 10.5 Å². The molecule has 0 aliphatic carbocycles. The highest BCUT2D eigenvalue weighted by Crippen LogP contribution is 2.48. The Balaban J connectivity index is 1.07. The number of piperidine rings is 2. The van der Waals surface area contributed by atoms with Gasteiger partial charge in [-0.1, -0.05) is 24.3 Å². The van der Waals surface area contributed by atoms with Crippen LogP contribution in [0.2, 0.25) is 0 Å². The number of aliphatic hydroxyl groups excluding tert-OH is 1. The Morgan fingerprint density at radius 2 is 1.31 bits per heavy atom. The summed E-state index contributed by atoms with van der Waals surface area (Å²) < 4.78 is 65.8. The molecule has 2 fully saturated rings. The molecule has 0 saturated carbocycles. The third kappa shape index (κ3) is 9.31. The number of nitrogens with zero attached hydrogens (tertiary/aromatic N) is 4. The van der Waals surface area contributed by atoms with Crippen LogP contribution in [0.3, 0.4) is 0 Å². The number of Topliss-reactive ketones (excluding diaryl/α,β-unsaturated/α-hetero) is 1. The number of carbonyl (C=O) groups is 1. The van der Waals surface area contributed by atoms with Crippen molar-refractivity contribution in [2.75, 3.05) is 54.7 Å². The topological polar surface area (TPSA) is 202 Å². The first-order chi connectivity index (χ1) is 29.5. The average molecular weight is 879 g/mol. The summed E-state index contributed by atoms with van der Waals surface area (Å²) >= 11 is 0. The van der Waals surface area contributed by atoms with E-state index in [0.29, 0.717) is 123 Å². The van der Waals surface area contributed by atoms with Crippen LogP contribution in [-0.4, -0.2) is 94.0 Å². The molecule has 3 N–H and O–H groups in total. The van der Waals surface area contributed by atoms with Crippen LogP contribution in [0.4, 0.5) is 11.4 Å². The maximum Gasteiger partial charge on any atom is 0.229 e. The van der Waals surface area contributed by atoms with E-state index in [1.165, 1.54) is 6.07 Å². The third-order valence-electron chi connectivity index (χ3n) is 13.0. The van der Waals surface area contributed by atoms with Gasteiger partial charge in [-0.3, -0.25) is 19.1 Å². The number of aryl methyl sites for hydroxylation is 1. The molecule has 0 radical (unpaired) electrons. The molecular formula is C46H50N6O8S2. The number of ketones is 1. The molecule has 0 bridgehead atoms. The molecule has 0 amide bonds. The van der Waals surface area contributed by atoms with Crippen molar-refractivity contribution in [2.24, 2.45) is 0 Å². The van der Waals surface area contributed by atoms with E-state index in [2.05, 4.69) is 43.5 Å². The Kier molecular flexibility index (Phi) is 11.6. The highest BCUT2D eigenvalue weighted by Gasteiger charge is 2.50. The number of benzene rings is 4. The van der Waals surface area contributed by atoms with E-state index in [1.807, 2.05) is 36.4 Å². The molecule has 8 rings (SSSR count). The van der Waals surface area contributed by atoms with Gasteiger partial charge in [0.1, 0.15) is 22.7 Å². The quantitative estimate of drug-likeness (QED) is 0.163. The van der Waals surface area contributed by atoms with Crippen LogP contribution in [0.1, 0.15) is 89.2 Å². The van der Waals surface area contributed by atoms with Crippen LogP contribution in [0.5, 0.6) is 11.5 Å². The first kappa shape index (κ1) is 43.2. The summed E-state index contributed by atoms with van der Waals surface area (Å²) in [4.78, 5) is 18.6. The first-order valence-corrected chi connectivity index (χ1v) is 24.6. The van der Waals surface area contributed by atoms with Crippen molar-refractivity contribution in [2.45, 2.75) is 74.2 Å². The molecule has 324 valence electrons. The number of nitrogens with one attached hydrogen (secondary N) is 2. The van der Waals surface area contributed by atoms with Crippen molar-refractivity contribution in [3.05, 3.63) is 118 Å². The fourth-order valence-corrected chi connectivity index (χ4v) is 10.9. The lowest BCUT2D eigenvalue weighted by Gasteiger charge is -2.54. The Hall–Kier alpha value is -5.49. The SMILES string of the molecule is CS(=O)(=O)Nc1ccc2c(c1)C(=O)CC1(CCN(CC(CCc3ccc(C#N)cc3)(c3ccc(C#N)cc3)N3CCC4(CC3)CC(O)c3cc(NS(C)(=O)=O)ccc3O4)CC1)O2. The monoisotopic (exact) mass is 878 g/mol. The van der Waals surface area contributed by atoms with Gasteiger partial charge < -0.3 is 19.5 Å². The summed E-state index contributed by atoms with van der Waals surface area (Å²) in [6, 6.07) is 29.8. The number of ether oxygens (including phenoxy) is 2. The molecule has 2 spiro atoms. The van der Waals surface area contributed by atoms with Crippen molar-refractivity contribution >= 4 is 37.2 Å². The van der Waals surface area contributed by atoms with E-state index < -0.39 is 42.9 Å². The number of fused-ring (bicyclic) bond motifs is 2. The molecule has 4 heterocycles. The highest BCUT2D eigenvalue weighted by atomic mass is 32.2. The largest absolute Gasteiger partial charge is 0.487 e. The highest BCUT2D eigenvalue weighted by molar-refractivity contribution is 7.92. The minimum Gasteiger partial charge on any atom is -0.487 e. The van der Waals surface area contributed by atoms with Crippen LogP contribution in [-0.2, 0) is 32.0 Å². The lowest BCUT2D eigenvalue weighted by Crippen LogP contribution is -2.61. The fraction of sp³-hybridized carbons (Fsp3) is 0.413. The summed E-state index contributed by atoms with van der Waals surface area (Å²) in [6.07, 6.45) is 5.74. The van der Waals surface area contributed by atoms with Crippen molar-refractivity contribution in [3.8, 4) is 23.6 Å². The molecule has 14 nitrogen and oxygen atoms in total. The number of carbonyl (C=O) groups excluding carboxylic acids is 1. The molecule has 2 unspecified atom stereocenters. The second-order valence-corrected chi connectivity index (χ2v) is 20.9. The summed E-state index contributed by atoms with van der Waals surface area (Å²) in [6.45, 7) is 3.25. The van der Waals surface area contributed by atoms with Gasteiger partial charge in [-0.25, -0.2) is 16.8 Å². The maximum atomic E-state index is 13.6. The van der Waals surface area contributed by atoms with Gasteiger partial charge in [0.25, 0.3) is 0 Å². The number of hydrogen-bond donors (Lipinski definition) is 3. The lowest BCUT2D eigenvalue weighted by molar-refractivity contribution is -0.0861. The summed E-state index contributed by atoms with van der Waals surface area (Å²) in [5.74, 6) is 0.904. The van der Waals surface area contributed by atoms with Gasteiger partial charge >= 0.3 is 0 Å². The molecule has 4 aliphatic heterocycles. The van der Waals surface area contributed by atoms with Gasteiger partial charge in [0.2, 0.25) is 20.0 Å². The van der Waals surface area contributed by atoms with Crippen molar-refractivity contribution in [1.82, 2.24) is 9.80 Å². The number of nitriles is 2. The molecule has 4 aliphatic rings. The first-order valence-electron chi connectivity index (χ1n) is 20.8. The molecule has 2 atom stereocenters. The Morgan fingerprint density at radius 1 is 0.758 bits per heavy atom. The summed E-state index contributed by atoms with van der Waals surface area (Å²) in [5.41, 5.74) is 3.01. The van der Waals surface area contributed by atoms with Gasteiger partial charge in [0, 0.05) is 81.8 Å². The Bertz CT molecular complexity index is 2660. The lowest BCUT2D eigenvalue weighted by atomic mass is 9.76. The number of sulfonamides is 2. The standard InChI is InChI=1S/C46H50N6O8S2/c1-61(55,56)49-36-11-13-42-38(25-36)40(53)27-44(59-42)17-21-51(22-18-44)31-46(35-9-7-34(30-48)8-10-35,16-15-32-3-5-33(29-47)6-4-32)52-23-19-45(20-24-52)28-41(54)39-26-37(50-62(2,57)58)12-14-43(39)60-45/h3-14,25-26,41,49-50,54H,15-24,27-28,31H2,1-2H3. The van der Waals surface area contributed by atoms with E-state index in [1.54, 1.807) is 30.3 Å². The van der Waals surface area contributed by atoms with Gasteiger partial charge in [-0.15, -0.1) is 0 Å². The zero-order valence-electron chi connectivity index (χ0n) is 34.8. The van der Waals surface area contributed by atoms with Gasteiger partial charge in [-0.05, 0) is 84.6 Å². The maximum absolute atomic E-state index is 13.6. The van der Waals surface area contributed by atoms with Crippen LogP contribution in [0, 0.1) is 22.7 Å². The number of aliphatic hydroxyl groups is 1. The van der Waals surface area contributed by atoms with Crippen LogP contribution in [0.25, 0.3) is 0 Å². The van der Waals surface area contributed by atoms with E-state index in [4.69, 9.17) is 9.47 Å². The molecule has 16 heteroatoms. The zero-order chi connectivity index (χ0) is 43.9. The van der Waals surface area contributed by atoms with Crippen molar-refractivity contribution < 1.29 is 36.2 Å². The van der Waals surface area contributed by atoms with Crippen molar-refractivity contribution in [3.63, 3.8) is 0 Å². The summed E-state index contributed by atoms with van der Waals surface area (Å²) in [7, 11) is -7.03. The normalized spacial score (nSPS) is 20.7. The Morgan fingerprint density at radius 3 is 1.90 bits per heavy atom. The molecule has 0 aromatic heterocycles. The van der Waals surface area contributed by atoms with Crippen LogP contribution in [0.15, 0.2) is 84.9 Å². The van der Waals surface area contributed by atoms with Gasteiger partial charge in [0.05, 0.1) is 59.4 Å². The van der Waals surface area contributed by atoms with Gasteiger partial charge in [-0.2, -0.15) is 10.5 Å².